The fraction of sp³-hybridized carbons (Fsp3) is 0.258. The van der Waals surface area contributed by atoms with Crippen molar-refractivity contribution in [2.75, 3.05) is 20.3 Å². The number of alkyl halides is 3. The average molecular weight is 613 g/mol. The van der Waals surface area contributed by atoms with Crippen molar-refractivity contribution in [2.45, 2.75) is 33.0 Å². The molecule has 0 spiro atoms. The van der Waals surface area contributed by atoms with Crippen molar-refractivity contribution in [3.63, 3.8) is 0 Å². The van der Waals surface area contributed by atoms with Crippen LogP contribution < -0.4 is 24.4 Å². The molecule has 2 aromatic carbocycles. The van der Waals surface area contributed by atoms with E-state index in [1.807, 2.05) is 6.92 Å². The highest BCUT2D eigenvalue weighted by atomic mass is 32.1. The molecule has 1 aliphatic heterocycles. The fourth-order valence-electron chi connectivity index (χ4n) is 4.80. The van der Waals surface area contributed by atoms with Crippen LogP contribution in [0.4, 0.5) is 13.2 Å². The van der Waals surface area contributed by atoms with Crippen LogP contribution in [0.25, 0.3) is 17.4 Å². The van der Waals surface area contributed by atoms with E-state index in [0.717, 1.165) is 23.5 Å². The molecule has 0 saturated heterocycles. The van der Waals surface area contributed by atoms with Gasteiger partial charge in [-0.05, 0) is 62.7 Å². The number of nitrogens with zero attached hydrogens (tertiary/aromatic N) is 2. The zero-order valence-corrected chi connectivity index (χ0v) is 24.5. The SMILES string of the molecule is CCOC(=O)C1=C(C)N=c2s/c(=C\c3ccc(-c4cccc(C(F)(F)F)c4)o3)c(=O)n2[C@@H]1c1ccc(OC)c(OCC)c1. The number of benzene rings is 2. The van der Waals surface area contributed by atoms with E-state index < -0.39 is 29.3 Å². The zero-order chi connectivity index (χ0) is 30.9. The van der Waals surface area contributed by atoms with Gasteiger partial charge in [0.1, 0.15) is 11.5 Å². The summed E-state index contributed by atoms with van der Waals surface area (Å²) in [6, 6.07) is 12.2. The van der Waals surface area contributed by atoms with E-state index in [2.05, 4.69) is 4.99 Å². The van der Waals surface area contributed by atoms with E-state index in [4.69, 9.17) is 18.6 Å². The van der Waals surface area contributed by atoms with E-state index in [1.165, 1.54) is 36.0 Å². The first kappa shape index (κ1) is 29.9. The third-order valence-electron chi connectivity index (χ3n) is 6.69. The molecule has 0 N–H and O–H groups in total. The van der Waals surface area contributed by atoms with Crippen LogP contribution in [0.3, 0.4) is 0 Å². The Labute approximate surface area is 248 Å². The number of furan rings is 1. The smallest absolute Gasteiger partial charge is 0.416 e. The normalized spacial score (nSPS) is 15.2. The summed E-state index contributed by atoms with van der Waals surface area (Å²) >= 11 is 1.10. The van der Waals surface area contributed by atoms with Gasteiger partial charge in [-0.15, -0.1) is 0 Å². The standard InChI is InChI=1S/C31H27F3N2O6S/c1-5-40-24-15-19(10-12-23(24)39-4)27-26(29(38)41-6-2)17(3)35-30-36(27)28(37)25(43-30)16-21-11-13-22(42-21)18-8-7-9-20(14-18)31(32,33)34/h7-16,27H,5-6H2,1-4H3/b25-16-/t27-/m1/s1. The number of hydrogen-bond donors (Lipinski definition) is 0. The van der Waals surface area contributed by atoms with Crippen molar-refractivity contribution in [1.82, 2.24) is 4.57 Å². The molecule has 2 aromatic heterocycles. The molecule has 224 valence electrons. The molecule has 0 bridgehead atoms. The quantitative estimate of drug-likeness (QED) is 0.245. The number of allylic oxidation sites excluding steroid dienone is 1. The number of fused-ring (bicyclic) bond motifs is 1. The number of thiazole rings is 1. The van der Waals surface area contributed by atoms with Crippen molar-refractivity contribution in [3.8, 4) is 22.8 Å². The maximum Gasteiger partial charge on any atom is 0.416 e. The first-order valence-electron chi connectivity index (χ1n) is 13.3. The van der Waals surface area contributed by atoms with Gasteiger partial charge in [0, 0.05) is 11.6 Å². The molecule has 0 aliphatic carbocycles. The number of rotatable bonds is 8. The van der Waals surface area contributed by atoms with Crippen LogP contribution in [0.15, 0.2) is 80.1 Å². The number of hydrogen-bond acceptors (Lipinski definition) is 8. The fourth-order valence-corrected chi connectivity index (χ4v) is 5.83. The summed E-state index contributed by atoms with van der Waals surface area (Å²) in [6.45, 7) is 5.70. The molecule has 3 heterocycles. The first-order chi connectivity index (χ1) is 20.5. The van der Waals surface area contributed by atoms with Gasteiger partial charge in [-0.3, -0.25) is 9.36 Å². The van der Waals surface area contributed by atoms with Crippen LogP contribution >= 0.6 is 11.3 Å². The van der Waals surface area contributed by atoms with Crippen LogP contribution in [-0.2, 0) is 15.7 Å². The van der Waals surface area contributed by atoms with Gasteiger partial charge in [0.25, 0.3) is 5.56 Å². The lowest BCUT2D eigenvalue weighted by Crippen LogP contribution is -2.39. The molecule has 0 unspecified atom stereocenters. The van der Waals surface area contributed by atoms with E-state index in [9.17, 15) is 22.8 Å². The number of carbonyl (C=O) groups excluding carboxylic acids is 1. The van der Waals surface area contributed by atoms with Crippen LogP contribution in [0.1, 0.15) is 43.7 Å². The summed E-state index contributed by atoms with van der Waals surface area (Å²) in [5.74, 6) is 0.809. The van der Waals surface area contributed by atoms with Gasteiger partial charge in [-0.25, -0.2) is 9.79 Å². The zero-order valence-electron chi connectivity index (χ0n) is 23.7. The van der Waals surface area contributed by atoms with Crippen molar-refractivity contribution in [3.05, 3.63) is 102 Å². The Morgan fingerprint density at radius 2 is 1.88 bits per heavy atom. The summed E-state index contributed by atoms with van der Waals surface area (Å²) in [5, 5.41) is 0. The molecule has 1 atom stereocenters. The van der Waals surface area contributed by atoms with Gasteiger partial charge >= 0.3 is 12.1 Å². The molecule has 1 aliphatic rings. The first-order valence-corrected chi connectivity index (χ1v) is 14.1. The highest BCUT2D eigenvalue weighted by Gasteiger charge is 2.34. The number of methoxy groups -OCH3 is 1. The Morgan fingerprint density at radius 3 is 2.58 bits per heavy atom. The van der Waals surface area contributed by atoms with Gasteiger partial charge in [0.2, 0.25) is 0 Å². The largest absolute Gasteiger partial charge is 0.493 e. The van der Waals surface area contributed by atoms with Crippen molar-refractivity contribution < 1.29 is 36.6 Å². The summed E-state index contributed by atoms with van der Waals surface area (Å²) in [5.41, 5.74) is 0.200. The summed E-state index contributed by atoms with van der Waals surface area (Å²) in [7, 11) is 1.52. The van der Waals surface area contributed by atoms with E-state index in [-0.39, 0.29) is 33.8 Å². The van der Waals surface area contributed by atoms with Crippen molar-refractivity contribution in [2.24, 2.45) is 4.99 Å². The van der Waals surface area contributed by atoms with Crippen LogP contribution in [0, 0.1) is 0 Å². The minimum atomic E-state index is -4.50. The van der Waals surface area contributed by atoms with Gasteiger partial charge < -0.3 is 18.6 Å². The topological polar surface area (TPSA) is 92.3 Å². The number of halogens is 3. The second-order valence-corrected chi connectivity index (χ2v) is 10.4. The van der Waals surface area contributed by atoms with Gasteiger partial charge in [0.15, 0.2) is 16.3 Å². The Bertz CT molecular complexity index is 1900. The number of aromatic nitrogens is 1. The maximum atomic E-state index is 13.9. The molecule has 12 heteroatoms. The predicted molar refractivity (Wildman–Crippen MR) is 154 cm³/mol. The van der Waals surface area contributed by atoms with Crippen LogP contribution in [-0.4, -0.2) is 30.9 Å². The van der Waals surface area contributed by atoms with Gasteiger partial charge in [0.05, 0.1) is 47.7 Å². The molecule has 0 radical (unpaired) electrons. The molecule has 8 nitrogen and oxygen atoms in total. The summed E-state index contributed by atoms with van der Waals surface area (Å²) in [4.78, 5) is 32.0. The lowest BCUT2D eigenvalue weighted by molar-refractivity contribution is -0.139. The van der Waals surface area contributed by atoms with E-state index in [0.29, 0.717) is 34.2 Å². The van der Waals surface area contributed by atoms with E-state index in [1.54, 1.807) is 38.1 Å². The second-order valence-electron chi connectivity index (χ2n) is 9.43. The lowest BCUT2D eigenvalue weighted by atomic mass is 9.95. The van der Waals surface area contributed by atoms with Crippen molar-refractivity contribution >= 4 is 23.4 Å². The lowest BCUT2D eigenvalue weighted by Gasteiger charge is -2.25. The molecule has 0 saturated carbocycles. The Balaban J connectivity index is 1.63. The molecule has 0 fully saturated rings. The molecular weight excluding hydrogens is 585 g/mol. The second kappa shape index (κ2) is 12.0. The Kier molecular flexibility index (Phi) is 8.32. The molecular formula is C31H27F3N2O6S. The van der Waals surface area contributed by atoms with Crippen LogP contribution in [0.2, 0.25) is 0 Å². The third kappa shape index (κ3) is 5.87. The number of ether oxygens (including phenoxy) is 3. The highest BCUT2D eigenvalue weighted by Crippen LogP contribution is 2.36. The summed E-state index contributed by atoms with van der Waals surface area (Å²) < 4.78 is 63.6. The minimum Gasteiger partial charge on any atom is -0.493 e. The van der Waals surface area contributed by atoms with Crippen molar-refractivity contribution in [1.29, 1.82) is 0 Å². The van der Waals surface area contributed by atoms with Gasteiger partial charge in [-0.1, -0.05) is 29.5 Å². The Morgan fingerprint density at radius 1 is 1.09 bits per heavy atom. The molecule has 5 rings (SSSR count). The molecule has 43 heavy (non-hydrogen) atoms. The average Bonchev–Trinajstić information content (AvgIpc) is 3.56. The Hall–Kier alpha value is -4.58. The van der Waals surface area contributed by atoms with Crippen LogP contribution in [0.5, 0.6) is 11.5 Å². The maximum absolute atomic E-state index is 13.9. The number of carbonyl (C=O) groups is 1. The van der Waals surface area contributed by atoms with Gasteiger partial charge in [-0.2, -0.15) is 13.2 Å². The summed E-state index contributed by atoms with van der Waals surface area (Å²) in [6.07, 6.45) is -2.99. The van der Waals surface area contributed by atoms with E-state index >= 15 is 0 Å². The minimum absolute atomic E-state index is 0.131. The monoisotopic (exact) mass is 612 g/mol. The third-order valence-corrected chi connectivity index (χ3v) is 7.68. The predicted octanol–water partition coefficient (Wildman–Crippen LogP) is 5.48. The number of esters is 1. The molecule has 4 aromatic rings. The molecule has 0 amide bonds. The highest BCUT2D eigenvalue weighted by molar-refractivity contribution is 7.07.